The molecule has 0 fully saturated rings. The van der Waals surface area contributed by atoms with Gasteiger partial charge in [-0.1, -0.05) is 53.7 Å². The summed E-state index contributed by atoms with van der Waals surface area (Å²) < 4.78 is 29.5. The highest BCUT2D eigenvalue weighted by Crippen LogP contribution is 2.30. The van der Waals surface area contributed by atoms with Crippen LogP contribution < -0.4 is 4.72 Å². The average molecular weight is 398 g/mol. The van der Waals surface area contributed by atoms with Gasteiger partial charge < -0.3 is 4.57 Å². The van der Waals surface area contributed by atoms with Gasteiger partial charge in [0.2, 0.25) is 0 Å². The maximum atomic E-state index is 12.4. The van der Waals surface area contributed by atoms with E-state index in [2.05, 4.69) is 14.3 Å². The van der Waals surface area contributed by atoms with Gasteiger partial charge in [-0.15, -0.1) is 0 Å². The molecule has 3 aromatic rings. The molecule has 0 bridgehead atoms. The van der Waals surface area contributed by atoms with E-state index in [0.717, 1.165) is 39.8 Å². The molecule has 5 nitrogen and oxygen atoms in total. The molecular weight excluding hydrogens is 378 g/mol. The van der Waals surface area contributed by atoms with Gasteiger partial charge in [-0.3, -0.25) is 4.72 Å². The van der Waals surface area contributed by atoms with Crippen LogP contribution in [0.25, 0.3) is 17.3 Å². The standard InChI is InChI=1S/C20H19N3O2S2/c1-15-5-7-16(8-6-15)9-12-27(24,25)22-18-4-2-3-17(13-18)19-14-23-10-11-26-20(23)21-19/h2-9,12-14,22H,10-11H2,1H3/b12-9+. The lowest BCUT2D eigenvalue weighted by atomic mass is 10.1. The second kappa shape index (κ2) is 7.25. The number of imidazole rings is 1. The quantitative estimate of drug-likeness (QED) is 0.694. The van der Waals surface area contributed by atoms with Crippen LogP contribution in [0.5, 0.6) is 0 Å². The Kier molecular flexibility index (Phi) is 4.80. The lowest BCUT2D eigenvalue weighted by Gasteiger charge is -2.06. The number of anilines is 1. The third kappa shape index (κ3) is 4.26. The summed E-state index contributed by atoms with van der Waals surface area (Å²) in [6.45, 7) is 2.95. The Morgan fingerprint density at radius 1 is 1.19 bits per heavy atom. The molecule has 0 saturated heterocycles. The van der Waals surface area contributed by atoms with Gasteiger partial charge in [0, 0.05) is 29.7 Å². The molecule has 2 aromatic carbocycles. The van der Waals surface area contributed by atoms with E-state index in [1.54, 1.807) is 30.0 Å². The maximum Gasteiger partial charge on any atom is 0.255 e. The molecular formula is C20H19N3O2S2. The molecule has 2 heterocycles. The number of rotatable bonds is 5. The van der Waals surface area contributed by atoms with Gasteiger partial charge in [0.25, 0.3) is 10.0 Å². The molecule has 4 rings (SSSR count). The van der Waals surface area contributed by atoms with Gasteiger partial charge in [0.05, 0.1) is 11.1 Å². The zero-order valence-corrected chi connectivity index (χ0v) is 16.4. The van der Waals surface area contributed by atoms with E-state index in [1.807, 2.05) is 49.5 Å². The van der Waals surface area contributed by atoms with E-state index < -0.39 is 10.0 Å². The Hall–Kier alpha value is -2.51. The van der Waals surface area contributed by atoms with Crippen molar-refractivity contribution in [3.05, 3.63) is 71.3 Å². The maximum absolute atomic E-state index is 12.4. The van der Waals surface area contributed by atoms with Crippen molar-refractivity contribution in [2.45, 2.75) is 18.6 Å². The van der Waals surface area contributed by atoms with Gasteiger partial charge in [-0.25, -0.2) is 13.4 Å². The lowest BCUT2D eigenvalue weighted by molar-refractivity contribution is 0.609. The third-order valence-corrected chi connectivity index (χ3v) is 6.22. The summed E-state index contributed by atoms with van der Waals surface area (Å²) in [5.74, 6) is 1.05. The van der Waals surface area contributed by atoms with Crippen LogP contribution >= 0.6 is 11.8 Å². The predicted molar refractivity (Wildman–Crippen MR) is 111 cm³/mol. The minimum absolute atomic E-state index is 0.516. The highest BCUT2D eigenvalue weighted by Gasteiger charge is 2.15. The summed E-state index contributed by atoms with van der Waals surface area (Å²) >= 11 is 1.73. The number of hydrogen-bond acceptors (Lipinski definition) is 4. The van der Waals surface area contributed by atoms with Crippen LogP contribution in [-0.2, 0) is 16.6 Å². The highest BCUT2D eigenvalue weighted by molar-refractivity contribution is 7.99. The smallest absolute Gasteiger partial charge is 0.255 e. The molecule has 7 heteroatoms. The zero-order valence-electron chi connectivity index (χ0n) is 14.8. The number of thioether (sulfide) groups is 1. The van der Waals surface area contributed by atoms with Crippen LogP contribution in [0.15, 0.2) is 65.3 Å². The van der Waals surface area contributed by atoms with Crippen molar-refractivity contribution in [3.63, 3.8) is 0 Å². The number of aryl methyl sites for hydroxylation is 2. The van der Waals surface area contributed by atoms with Crippen LogP contribution in [-0.4, -0.2) is 23.7 Å². The van der Waals surface area contributed by atoms with Crippen molar-refractivity contribution in [1.82, 2.24) is 9.55 Å². The number of aromatic nitrogens is 2. The van der Waals surface area contributed by atoms with Crippen LogP contribution in [0.3, 0.4) is 0 Å². The van der Waals surface area contributed by atoms with E-state index >= 15 is 0 Å². The first-order chi connectivity index (χ1) is 13.0. The van der Waals surface area contributed by atoms with E-state index in [1.165, 1.54) is 5.41 Å². The molecule has 0 saturated carbocycles. The van der Waals surface area contributed by atoms with Gasteiger partial charge >= 0.3 is 0 Å². The molecule has 1 aliphatic heterocycles. The summed E-state index contributed by atoms with van der Waals surface area (Å²) in [6.07, 6.45) is 3.60. The number of sulfonamides is 1. The van der Waals surface area contributed by atoms with Crippen molar-refractivity contribution in [2.24, 2.45) is 0 Å². The van der Waals surface area contributed by atoms with Crippen LogP contribution in [0.4, 0.5) is 5.69 Å². The third-order valence-electron chi connectivity index (χ3n) is 4.24. The number of nitrogens with one attached hydrogen (secondary N) is 1. The number of nitrogens with zero attached hydrogens (tertiary/aromatic N) is 2. The number of hydrogen-bond donors (Lipinski definition) is 1. The highest BCUT2D eigenvalue weighted by atomic mass is 32.2. The molecule has 138 valence electrons. The predicted octanol–water partition coefficient (Wildman–Crippen LogP) is 4.38. The van der Waals surface area contributed by atoms with Gasteiger partial charge in [-0.2, -0.15) is 0 Å². The summed E-state index contributed by atoms with van der Waals surface area (Å²) in [5, 5.41) is 2.20. The van der Waals surface area contributed by atoms with Crippen molar-refractivity contribution in [1.29, 1.82) is 0 Å². The van der Waals surface area contributed by atoms with Crippen molar-refractivity contribution in [2.75, 3.05) is 10.5 Å². The molecule has 0 atom stereocenters. The van der Waals surface area contributed by atoms with Gasteiger partial charge in [0.15, 0.2) is 5.16 Å². The fourth-order valence-corrected chi connectivity index (χ4v) is 4.64. The fraction of sp³-hybridized carbons (Fsp3) is 0.150. The molecule has 0 radical (unpaired) electrons. The van der Waals surface area contributed by atoms with Crippen LogP contribution in [0, 0.1) is 6.92 Å². The molecule has 0 aliphatic carbocycles. The normalized spacial score (nSPS) is 13.8. The second-order valence-electron chi connectivity index (χ2n) is 6.39. The van der Waals surface area contributed by atoms with Gasteiger partial charge in [0.1, 0.15) is 0 Å². The average Bonchev–Trinajstić information content (AvgIpc) is 3.23. The van der Waals surface area contributed by atoms with E-state index in [-0.39, 0.29) is 0 Å². The van der Waals surface area contributed by atoms with E-state index in [4.69, 9.17) is 0 Å². The molecule has 0 spiro atoms. The molecule has 1 N–H and O–H groups in total. The van der Waals surface area contributed by atoms with Crippen molar-refractivity contribution in [3.8, 4) is 11.3 Å². The second-order valence-corrected chi connectivity index (χ2v) is 9.02. The molecule has 27 heavy (non-hydrogen) atoms. The van der Waals surface area contributed by atoms with Crippen molar-refractivity contribution < 1.29 is 8.42 Å². The molecule has 1 aliphatic rings. The first-order valence-corrected chi connectivity index (χ1v) is 11.1. The lowest BCUT2D eigenvalue weighted by Crippen LogP contribution is -2.08. The monoisotopic (exact) mass is 397 g/mol. The summed E-state index contributed by atoms with van der Waals surface area (Å²) in [7, 11) is -3.60. The topological polar surface area (TPSA) is 64.0 Å². The Bertz CT molecular complexity index is 1080. The van der Waals surface area contributed by atoms with Crippen LogP contribution in [0.1, 0.15) is 11.1 Å². The SMILES string of the molecule is Cc1ccc(/C=C/S(=O)(=O)Nc2cccc(-c3cn4c(n3)SCC4)c2)cc1. The molecule has 0 unspecified atom stereocenters. The summed E-state index contributed by atoms with van der Waals surface area (Å²) in [6, 6.07) is 15.0. The minimum Gasteiger partial charge on any atom is -0.325 e. The Labute approximate surface area is 163 Å². The zero-order chi connectivity index (χ0) is 18.9. The Balaban J connectivity index is 1.52. The summed E-state index contributed by atoms with van der Waals surface area (Å²) in [4.78, 5) is 4.62. The van der Waals surface area contributed by atoms with Gasteiger partial charge in [-0.05, 0) is 30.7 Å². The Morgan fingerprint density at radius 3 is 2.78 bits per heavy atom. The number of benzene rings is 2. The Morgan fingerprint density at radius 2 is 2.00 bits per heavy atom. The van der Waals surface area contributed by atoms with E-state index in [9.17, 15) is 8.42 Å². The van der Waals surface area contributed by atoms with E-state index in [0.29, 0.717) is 5.69 Å². The van der Waals surface area contributed by atoms with Crippen molar-refractivity contribution >= 4 is 33.5 Å². The first-order valence-electron chi connectivity index (χ1n) is 8.56. The first kappa shape index (κ1) is 17.9. The fourth-order valence-electron chi connectivity index (χ4n) is 2.83. The van der Waals surface area contributed by atoms with Crippen LogP contribution in [0.2, 0.25) is 0 Å². The molecule has 0 amide bonds. The number of fused-ring (bicyclic) bond motifs is 1. The molecule has 1 aromatic heterocycles. The largest absolute Gasteiger partial charge is 0.325 e. The summed E-state index contributed by atoms with van der Waals surface area (Å²) in [5.41, 5.74) is 4.23. The minimum atomic E-state index is -3.60.